The molecule has 0 bridgehead atoms. The van der Waals surface area contributed by atoms with Crippen LogP contribution in [0.25, 0.3) is 0 Å². The fourth-order valence-corrected chi connectivity index (χ4v) is 5.01. The predicted molar refractivity (Wildman–Crippen MR) is 147 cm³/mol. The summed E-state index contributed by atoms with van der Waals surface area (Å²) in [7, 11) is 2.01. The number of hydrogen-bond donors (Lipinski definition) is 4. The molecule has 1 saturated carbocycles. The van der Waals surface area contributed by atoms with Gasteiger partial charge >= 0.3 is 0 Å². The van der Waals surface area contributed by atoms with Gasteiger partial charge in [0.2, 0.25) is 5.91 Å². The Morgan fingerprint density at radius 2 is 2.00 bits per heavy atom. The van der Waals surface area contributed by atoms with Crippen molar-refractivity contribution in [2.75, 3.05) is 13.2 Å². The third-order valence-corrected chi connectivity index (χ3v) is 7.01. The minimum atomic E-state index is -0.582. The molecule has 4 atom stereocenters. The van der Waals surface area contributed by atoms with Gasteiger partial charge in [-0.05, 0) is 81.5 Å². The van der Waals surface area contributed by atoms with E-state index in [9.17, 15) is 9.90 Å². The molecule has 205 valence electrons. The van der Waals surface area contributed by atoms with Gasteiger partial charge in [0.25, 0.3) is 0 Å². The van der Waals surface area contributed by atoms with E-state index in [4.69, 9.17) is 10.4 Å². The molecule has 1 aliphatic carbocycles. The van der Waals surface area contributed by atoms with Gasteiger partial charge in [0, 0.05) is 19.0 Å². The molecule has 7 nitrogen and oxygen atoms in total. The molecule has 1 aromatic rings. The summed E-state index contributed by atoms with van der Waals surface area (Å²) in [4.78, 5) is 16.1. The molecule has 1 aliphatic rings. The van der Waals surface area contributed by atoms with E-state index in [1.165, 1.54) is 24.8 Å². The minimum absolute atomic E-state index is 0.131. The zero-order valence-corrected chi connectivity index (χ0v) is 22.4. The maximum absolute atomic E-state index is 11.6. The molecule has 1 amide bonds. The lowest BCUT2D eigenvalue weighted by Gasteiger charge is -2.19. The van der Waals surface area contributed by atoms with Gasteiger partial charge in [0.15, 0.2) is 7.28 Å². The van der Waals surface area contributed by atoms with Gasteiger partial charge in [0.05, 0.1) is 12.0 Å². The van der Waals surface area contributed by atoms with Crippen molar-refractivity contribution in [3.63, 3.8) is 0 Å². The summed E-state index contributed by atoms with van der Waals surface area (Å²) in [5, 5.41) is 30.4. The summed E-state index contributed by atoms with van der Waals surface area (Å²) < 4.78 is 0. The quantitative estimate of drug-likeness (QED) is 0.0850. The second kappa shape index (κ2) is 19.2. The van der Waals surface area contributed by atoms with Gasteiger partial charge in [-0.1, -0.05) is 67.5 Å². The number of benzene rings is 1. The van der Waals surface area contributed by atoms with Crippen molar-refractivity contribution in [3.8, 4) is 0 Å². The van der Waals surface area contributed by atoms with E-state index < -0.39 is 6.00 Å². The normalized spacial score (nSPS) is 19.6. The molecule has 4 N–H and O–H groups in total. The standard InChI is InChI=1S/C29H46BN2O5/c1-2-31-29(34)18-9-4-3-8-14-25-15-10-16-26(25)20-22-27(21-19-24-12-6-5-7-13-24)30-28(33)17-11-23-37-32(35)36/h3,5-8,12-13,20,22,25-28,33,35-36H,2,4,9-11,14-19,21,23H2,1H3,(H,31,34)/b8-3-,22-20+/t25-,26+,27-,28?/m0/s1. The first-order chi connectivity index (χ1) is 18.0. The lowest BCUT2D eigenvalue weighted by molar-refractivity contribution is -0.492. The van der Waals surface area contributed by atoms with Gasteiger partial charge in [0.1, 0.15) is 0 Å². The number of allylic oxidation sites excluding steroid dienone is 4. The number of carbonyl (C=O) groups is 1. The molecule has 8 heteroatoms. The Morgan fingerprint density at radius 1 is 1.19 bits per heavy atom. The number of aliphatic hydroxyl groups is 1. The first-order valence-electron chi connectivity index (χ1n) is 14.0. The zero-order chi connectivity index (χ0) is 26.7. The number of nitrogens with zero attached hydrogens (tertiary/aromatic N) is 1. The second-order valence-corrected chi connectivity index (χ2v) is 9.97. The summed E-state index contributed by atoms with van der Waals surface area (Å²) in [6.45, 7) is 2.77. The molecule has 0 aromatic heterocycles. The number of aliphatic hydroxyl groups excluding tert-OH is 1. The highest BCUT2D eigenvalue weighted by Crippen LogP contribution is 2.36. The lowest BCUT2D eigenvalue weighted by atomic mass is 9.57. The van der Waals surface area contributed by atoms with E-state index >= 15 is 0 Å². The molecule has 1 aromatic carbocycles. The highest BCUT2D eigenvalue weighted by atomic mass is 17.1. The van der Waals surface area contributed by atoms with Crippen LogP contribution in [0.5, 0.6) is 0 Å². The highest BCUT2D eigenvalue weighted by molar-refractivity contribution is 6.40. The summed E-state index contributed by atoms with van der Waals surface area (Å²) in [5.74, 6) is 1.50. The van der Waals surface area contributed by atoms with E-state index in [1.54, 1.807) is 0 Å². The van der Waals surface area contributed by atoms with Crippen molar-refractivity contribution < 1.29 is 25.2 Å². The number of aryl methyl sites for hydroxylation is 1. The number of unbranched alkanes of at least 4 members (excludes halogenated alkanes) is 1. The van der Waals surface area contributed by atoms with Crippen molar-refractivity contribution in [2.24, 2.45) is 11.8 Å². The van der Waals surface area contributed by atoms with Crippen LogP contribution in [-0.2, 0) is 16.1 Å². The van der Waals surface area contributed by atoms with Crippen molar-refractivity contribution in [1.82, 2.24) is 10.7 Å². The first-order valence-corrected chi connectivity index (χ1v) is 14.0. The second-order valence-electron chi connectivity index (χ2n) is 9.97. The molecule has 0 heterocycles. The van der Waals surface area contributed by atoms with Crippen LogP contribution in [0.1, 0.15) is 76.7 Å². The smallest absolute Gasteiger partial charge is 0.219 e. The largest absolute Gasteiger partial charge is 0.402 e. The zero-order valence-electron chi connectivity index (χ0n) is 22.4. The Morgan fingerprint density at radius 3 is 2.76 bits per heavy atom. The first kappa shape index (κ1) is 31.3. The van der Waals surface area contributed by atoms with E-state index in [-0.39, 0.29) is 23.7 Å². The Balaban J connectivity index is 1.84. The third kappa shape index (κ3) is 14.5. The van der Waals surface area contributed by atoms with Crippen LogP contribution < -0.4 is 5.32 Å². The third-order valence-electron chi connectivity index (χ3n) is 7.01. The van der Waals surface area contributed by atoms with Crippen LogP contribution in [0.3, 0.4) is 0 Å². The fraction of sp³-hybridized carbons (Fsp3) is 0.621. The average Bonchev–Trinajstić information content (AvgIpc) is 3.33. The summed E-state index contributed by atoms with van der Waals surface area (Å²) in [6, 6.07) is 9.83. The average molecular weight is 514 g/mol. The Hall–Kier alpha value is -1.97. The molecular formula is C29H46BN2O5. The van der Waals surface area contributed by atoms with Gasteiger partial charge in [-0.3, -0.25) is 20.0 Å². The van der Waals surface area contributed by atoms with Gasteiger partial charge in [-0.15, -0.1) is 0 Å². The molecule has 2 rings (SSSR count). The predicted octanol–water partition coefficient (Wildman–Crippen LogP) is 5.45. The minimum Gasteiger partial charge on any atom is -0.402 e. The molecule has 1 unspecified atom stereocenters. The number of nitrogens with one attached hydrogen (secondary N) is 1. The van der Waals surface area contributed by atoms with Crippen LogP contribution >= 0.6 is 0 Å². The van der Waals surface area contributed by atoms with Gasteiger partial charge in [-0.25, -0.2) is 0 Å². The number of amides is 1. The van der Waals surface area contributed by atoms with Crippen molar-refractivity contribution in [3.05, 3.63) is 60.2 Å². The monoisotopic (exact) mass is 513 g/mol. The number of carbonyl (C=O) groups excluding carboxylic acids is 1. The van der Waals surface area contributed by atoms with Crippen molar-refractivity contribution in [1.29, 1.82) is 0 Å². The molecule has 0 saturated heterocycles. The van der Waals surface area contributed by atoms with E-state index in [2.05, 4.69) is 58.7 Å². The Labute approximate surface area is 223 Å². The molecule has 1 fully saturated rings. The molecule has 37 heavy (non-hydrogen) atoms. The number of rotatable bonds is 19. The highest BCUT2D eigenvalue weighted by Gasteiger charge is 2.24. The van der Waals surface area contributed by atoms with E-state index in [1.807, 2.05) is 20.3 Å². The maximum atomic E-state index is 11.6. The van der Waals surface area contributed by atoms with Crippen LogP contribution in [0.15, 0.2) is 54.6 Å². The Kier molecular flexibility index (Phi) is 16.2. The van der Waals surface area contributed by atoms with Gasteiger partial charge < -0.3 is 10.4 Å². The molecular weight excluding hydrogens is 467 g/mol. The topological polar surface area (TPSA) is 102 Å². The van der Waals surface area contributed by atoms with E-state index in [0.717, 1.165) is 32.1 Å². The van der Waals surface area contributed by atoms with Gasteiger partial charge in [-0.2, -0.15) is 0 Å². The fourth-order valence-electron chi connectivity index (χ4n) is 5.01. The molecule has 0 aliphatic heterocycles. The summed E-state index contributed by atoms with van der Waals surface area (Å²) in [6.07, 6.45) is 19.3. The van der Waals surface area contributed by atoms with Crippen molar-refractivity contribution in [2.45, 2.75) is 89.4 Å². The maximum Gasteiger partial charge on any atom is 0.219 e. The lowest BCUT2D eigenvalue weighted by Crippen LogP contribution is -2.22. The van der Waals surface area contributed by atoms with Crippen LogP contribution in [0, 0.1) is 11.8 Å². The van der Waals surface area contributed by atoms with Crippen LogP contribution in [0.2, 0.25) is 5.82 Å². The summed E-state index contributed by atoms with van der Waals surface area (Å²) >= 11 is 0. The summed E-state index contributed by atoms with van der Waals surface area (Å²) in [5.41, 5.74) is 1.29. The molecule has 1 radical (unpaired) electrons. The SMILES string of the molecule is CCNC(=O)CCC/C=C\C[C@H]1CCC[C@@H]1/C=C/[C@@H]([B]C(O)CCCON(O)O)CCc1ccccc1. The van der Waals surface area contributed by atoms with Crippen LogP contribution in [-0.4, -0.2) is 53.3 Å². The van der Waals surface area contributed by atoms with Crippen LogP contribution in [0.4, 0.5) is 0 Å². The molecule has 0 spiro atoms. The number of hydrogen-bond acceptors (Lipinski definition) is 6. The van der Waals surface area contributed by atoms with Crippen molar-refractivity contribution >= 4 is 13.2 Å². The Bertz CT molecular complexity index is 790. The van der Waals surface area contributed by atoms with E-state index in [0.29, 0.717) is 37.6 Å².